The summed E-state index contributed by atoms with van der Waals surface area (Å²) < 4.78 is 55.1. The molecule has 4 nitrogen and oxygen atoms in total. The molecule has 4 aromatic carbocycles. The van der Waals surface area contributed by atoms with E-state index in [4.69, 9.17) is 0 Å². The molecule has 0 N–H and O–H groups in total. The fraction of sp³-hybridized carbons (Fsp3) is 0.346. The predicted molar refractivity (Wildman–Crippen MR) is 232 cm³/mol. The number of aryl methyl sites for hydroxylation is 2. The summed E-state index contributed by atoms with van der Waals surface area (Å²) in [7, 11) is 0. The van der Waals surface area contributed by atoms with E-state index in [2.05, 4.69) is 24.3 Å². The van der Waals surface area contributed by atoms with Gasteiger partial charge in [-0.25, -0.2) is 41.9 Å². The van der Waals surface area contributed by atoms with Crippen molar-refractivity contribution in [2.24, 2.45) is 11.8 Å². The number of rotatable bonds is 8. The molecule has 9 heteroatoms. The molecule has 4 aliphatic rings. The van der Waals surface area contributed by atoms with E-state index in [0.29, 0.717) is 36.1 Å². The Balaban J connectivity index is 0.000000215. The second-order valence-corrected chi connectivity index (χ2v) is 15.6. The van der Waals surface area contributed by atoms with E-state index in [9.17, 15) is 27.2 Å². The van der Waals surface area contributed by atoms with Gasteiger partial charge in [-0.2, -0.15) is 12.2 Å². The van der Waals surface area contributed by atoms with Gasteiger partial charge in [-0.3, -0.25) is 21.7 Å². The van der Waals surface area contributed by atoms with Crippen LogP contribution in [-0.4, -0.2) is 24.9 Å². The summed E-state index contributed by atoms with van der Waals surface area (Å²) in [5.41, 5.74) is 3.30. The molecule has 4 aliphatic carbocycles. The maximum absolute atomic E-state index is 14.3. The van der Waals surface area contributed by atoms with Gasteiger partial charge >= 0.3 is 21.7 Å². The number of amides is 2. The summed E-state index contributed by atoms with van der Waals surface area (Å²) >= 11 is 0. The van der Waals surface area contributed by atoms with Crippen molar-refractivity contribution in [3.05, 3.63) is 179 Å². The van der Waals surface area contributed by atoms with Crippen LogP contribution in [0.25, 0.3) is 0 Å². The van der Waals surface area contributed by atoms with Crippen molar-refractivity contribution in [1.82, 2.24) is 0 Å². The van der Waals surface area contributed by atoms with E-state index in [1.54, 1.807) is 24.3 Å². The molecule has 0 aliphatic heterocycles. The fourth-order valence-electron chi connectivity index (χ4n) is 7.51. The van der Waals surface area contributed by atoms with Gasteiger partial charge in [0, 0.05) is 47.5 Å². The molecular weight excluding hydrogens is 808 g/mol. The van der Waals surface area contributed by atoms with Gasteiger partial charge in [-0.15, -0.1) is 49.2 Å². The molecule has 0 atom stereocenters. The molecule has 8 rings (SSSR count). The van der Waals surface area contributed by atoms with Crippen LogP contribution in [-0.2, 0) is 21.7 Å². The second-order valence-electron chi connectivity index (χ2n) is 15.6. The van der Waals surface area contributed by atoms with Crippen molar-refractivity contribution in [3.63, 3.8) is 0 Å². The van der Waals surface area contributed by atoms with Gasteiger partial charge < -0.3 is 9.80 Å². The molecule has 2 amide bonds. The first-order valence-electron chi connectivity index (χ1n) is 21.0. The van der Waals surface area contributed by atoms with Gasteiger partial charge in [0.25, 0.3) is 0 Å². The van der Waals surface area contributed by atoms with Crippen LogP contribution in [0.3, 0.4) is 0 Å². The standard InChI is InChI=1S/2C21H22F2NO.2C5H5.Ti/c2*1-15-7-9-17(10-8-15)21(25)24(14-16-5-3-2-4-6-16)20-12-11-18(22)13-19(20)23;2*1-2-4-5-3-1;/h2*7-12,16H,2-6,14H2,1H3;2*1-3H,4H2;/q4*-1;+4. The maximum atomic E-state index is 14.3. The number of benzene rings is 4. The molecule has 0 unspecified atom stereocenters. The maximum Gasteiger partial charge on any atom is 4.00 e. The van der Waals surface area contributed by atoms with Gasteiger partial charge in [0.05, 0.1) is 0 Å². The Morgan fingerprint density at radius 3 is 1.18 bits per heavy atom. The first-order valence-corrected chi connectivity index (χ1v) is 21.0. The first kappa shape index (κ1) is 48.9. The molecule has 0 bridgehead atoms. The Bertz CT molecular complexity index is 1930. The number of allylic oxidation sites excluding steroid dienone is 8. The Morgan fingerprint density at radius 2 is 0.902 bits per heavy atom. The van der Waals surface area contributed by atoms with Gasteiger partial charge in [-0.1, -0.05) is 73.9 Å². The van der Waals surface area contributed by atoms with Crippen LogP contribution >= 0.6 is 0 Å². The van der Waals surface area contributed by atoms with Crippen LogP contribution < -0.4 is 9.80 Å². The van der Waals surface area contributed by atoms with E-state index < -0.39 is 23.3 Å². The first-order chi connectivity index (χ1) is 29.1. The van der Waals surface area contributed by atoms with Crippen LogP contribution in [0, 0.1) is 73.2 Å². The number of anilines is 2. The summed E-state index contributed by atoms with van der Waals surface area (Å²) in [5, 5.41) is 0. The number of hydrogen-bond donors (Lipinski definition) is 0. The summed E-state index contributed by atoms with van der Waals surface area (Å²) in [4.78, 5) is 28.9. The van der Waals surface area contributed by atoms with Gasteiger partial charge in [-0.05, 0) is 87.0 Å². The number of carbonyl (C=O) groups is 2. The van der Waals surface area contributed by atoms with Crippen molar-refractivity contribution >= 4 is 23.2 Å². The third-order valence-electron chi connectivity index (χ3n) is 10.9. The zero-order valence-electron chi connectivity index (χ0n) is 35.2. The minimum atomic E-state index is -0.823. The molecule has 61 heavy (non-hydrogen) atoms. The second kappa shape index (κ2) is 25.9. The van der Waals surface area contributed by atoms with Gasteiger partial charge in [0.15, 0.2) is 0 Å². The molecule has 4 aromatic rings. The van der Waals surface area contributed by atoms with Crippen LogP contribution in [0.2, 0.25) is 0 Å². The molecule has 2 saturated carbocycles. The molecule has 0 radical (unpaired) electrons. The minimum absolute atomic E-state index is 0. The largest absolute Gasteiger partial charge is 4.00 e. The van der Waals surface area contributed by atoms with E-state index in [1.165, 1.54) is 34.8 Å². The topological polar surface area (TPSA) is 40.6 Å². The van der Waals surface area contributed by atoms with E-state index in [-0.39, 0.29) is 44.9 Å². The van der Waals surface area contributed by atoms with Crippen LogP contribution in [0.5, 0.6) is 0 Å². The molecule has 0 aromatic heterocycles. The van der Waals surface area contributed by atoms with Crippen molar-refractivity contribution in [1.29, 1.82) is 0 Å². The van der Waals surface area contributed by atoms with Crippen LogP contribution in [0.1, 0.15) is 109 Å². The molecule has 0 saturated heterocycles. The quantitative estimate of drug-likeness (QED) is 0.101. The summed E-state index contributed by atoms with van der Waals surface area (Å²) in [6.45, 7) is 4.79. The Morgan fingerprint density at radius 1 is 0.541 bits per heavy atom. The summed E-state index contributed by atoms with van der Waals surface area (Å²) in [5.74, 6) is -3.01. The monoisotopic (exact) mass is 862 g/mol. The minimum Gasteiger partial charge on any atom is -0.359 e. The van der Waals surface area contributed by atoms with E-state index in [1.807, 2.05) is 74.5 Å². The van der Waals surface area contributed by atoms with Crippen LogP contribution in [0.15, 0.2) is 109 Å². The van der Waals surface area contributed by atoms with E-state index in [0.717, 1.165) is 87.5 Å². The Kier molecular flexibility index (Phi) is 20.7. The molecule has 0 heterocycles. The predicted octanol–water partition coefficient (Wildman–Crippen LogP) is 13.2. The molecule has 0 spiro atoms. The number of nitrogens with zero attached hydrogens (tertiary/aromatic N) is 2. The number of halogens is 4. The van der Waals surface area contributed by atoms with Crippen molar-refractivity contribution in [3.8, 4) is 0 Å². The van der Waals surface area contributed by atoms with Gasteiger partial charge in [0.2, 0.25) is 11.8 Å². The average molecular weight is 863 g/mol. The third kappa shape index (κ3) is 15.9. The third-order valence-corrected chi connectivity index (χ3v) is 10.9. The van der Waals surface area contributed by atoms with E-state index >= 15 is 0 Å². The zero-order valence-corrected chi connectivity index (χ0v) is 36.7. The zero-order chi connectivity index (χ0) is 42.7. The number of carbonyl (C=O) groups excluding carboxylic acids is 2. The van der Waals surface area contributed by atoms with Crippen molar-refractivity contribution in [2.45, 2.75) is 90.9 Å². The molecule has 316 valence electrons. The average Bonchev–Trinajstić information content (AvgIpc) is 4.05. The smallest absolute Gasteiger partial charge is 0.359 e. The SMILES string of the molecule is Cc1ccc(C(=O)N(CC2CCCCC2)c2ccc(F)[c-]c2F)cc1.Cc1ccc(C(=O)N(CC2CCCCC2)c2ccc(F)[c-]c2F)cc1.[C-]1=CC=CC1.[C-]1=CC=CC1.[Ti+4]. The van der Waals surface area contributed by atoms with Crippen LogP contribution in [0.4, 0.5) is 28.9 Å². The van der Waals surface area contributed by atoms with Crippen molar-refractivity contribution in [2.75, 3.05) is 22.9 Å². The molecule has 2 fully saturated rings. The Labute approximate surface area is 375 Å². The summed E-state index contributed by atoms with van der Waals surface area (Å²) in [6, 6.07) is 23.5. The van der Waals surface area contributed by atoms with Crippen molar-refractivity contribution < 1.29 is 48.9 Å². The Hall–Kier alpha value is -4.79. The normalized spacial score (nSPS) is 15.3. The summed E-state index contributed by atoms with van der Waals surface area (Å²) in [6.07, 6.45) is 31.1. The van der Waals surface area contributed by atoms with Gasteiger partial charge in [0.1, 0.15) is 0 Å². The molecular formula is C52H54F4N2O2Ti. The fourth-order valence-corrected chi connectivity index (χ4v) is 7.51. The number of hydrogen-bond acceptors (Lipinski definition) is 2.